The maximum atomic E-state index is 6.24. The number of nitrogens with zero attached hydrogens (tertiary/aromatic N) is 1. The number of nitrogens with two attached hydrogens (primary N) is 1. The molecule has 1 aromatic carbocycles. The Morgan fingerprint density at radius 3 is 2.59 bits per heavy atom. The summed E-state index contributed by atoms with van der Waals surface area (Å²) in [5.41, 5.74) is 9.40. The standard InChI is InChI=1S/C14H15ClN2/c1-2-10-4-3-9-17-14(10)13(16)11-5-7-12(15)8-6-11/h3-9,13H,2,16H2,1H3. The van der Waals surface area contributed by atoms with Crippen LogP contribution in [0.25, 0.3) is 0 Å². The van der Waals surface area contributed by atoms with Crippen LogP contribution in [-0.4, -0.2) is 4.98 Å². The van der Waals surface area contributed by atoms with Crippen molar-refractivity contribution in [2.75, 3.05) is 0 Å². The van der Waals surface area contributed by atoms with Crippen molar-refractivity contribution >= 4 is 11.6 Å². The van der Waals surface area contributed by atoms with E-state index < -0.39 is 0 Å². The molecule has 0 spiro atoms. The van der Waals surface area contributed by atoms with Crippen molar-refractivity contribution in [3.8, 4) is 0 Å². The number of benzene rings is 1. The highest BCUT2D eigenvalue weighted by molar-refractivity contribution is 6.30. The molecule has 1 aromatic heterocycles. The zero-order valence-corrected chi connectivity index (χ0v) is 10.5. The van der Waals surface area contributed by atoms with E-state index in [0.29, 0.717) is 0 Å². The van der Waals surface area contributed by atoms with Gasteiger partial charge in [0.1, 0.15) is 0 Å². The van der Waals surface area contributed by atoms with Crippen LogP contribution < -0.4 is 5.73 Å². The number of rotatable bonds is 3. The molecule has 0 aliphatic carbocycles. The van der Waals surface area contributed by atoms with E-state index >= 15 is 0 Å². The Labute approximate surface area is 106 Å². The van der Waals surface area contributed by atoms with E-state index in [1.54, 1.807) is 6.20 Å². The van der Waals surface area contributed by atoms with Crippen LogP contribution in [0.2, 0.25) is 5.02 Å². The van der Waals surface area contributed by atoms with Gasteiger partial charge in [-0.25, -0.2) is 0 Å². The highest BCUT2D eigenvalue weighted by Crippen LogP contribution is 2.22. The largest absolute Gasteiger partial charge is 0.319 e. The molecule has 2 rings (SSSR count). The molecule has 88 valence electrons. The van der Waals surface area contributed by atoms with Gasteiger partial charge in [0.15, 0.2) is 0 Å². The lowest BCUT2D eigenvalue weighted by Gasteiger charge is -2.14. The third-order valence-corrected chi connectivity index (χ3v) is 3.08. The summed E-state index contributed by atoms with van der Waals surface area (Å²) in [6.45, 7) is 2.11. The average molecular weight is 247 g/mol. The molecule has 0 aliphatic rings. The normalized spacial score (nSPS) is 12.4. The van der Waals surface area contributed by atoms with E-state index in [0.717, 1.165) is 22.7 Å². The van der Waals surface area contributed by atoms with Gasteiger partial charge in [-0.15, -0.1) is 0 Å². The fourth-order valence-corrected chi connectivity index (χ4v) is 1.98. The molecule has 17 heavy (non-hydrogen) atoms. The van der Waals surface area contributed by atoms with Gasteiger partial charge >= 0.3 is 0 Å². The summed E-state index contributed by atoms with van der Waals surface area (Å²) in [7, 11) is 0. The summed E-state index contributed by atoms with van der Waals surface area (Å²) < 4.78 is 0. The first-order chi connectivity index (χ1) is 8.22. The molecule has 2 aromatic rings. The summed E-state index contributed by atoms with van der Waals surface area (Å²) in [4.78, 5) is 4.39. The van der Waals surface area contributed by atoms with E-state index in [2.05, 4.69) is 18.0 Å². The summed E-state index contributed by atoms with van der Waals surface area (Å²) >= 11 is 5.86. The molecule has 0 fully saturated rings. The number of hydrogen-bond donors (Lipinski definition) is 1. The van der Waals surface area contributed by atoms with Crippen LogP contribution in [0, 0.1) is 0 Å². The van der Waals surface area contributed by atoms with Crippen molar-refractivity contribution in [1.29, 1.82) is 0 Å². The highest BCUT2D eigenvalue weighted by Gasteiger charge is 2.13. The van der Waals surface area contributed by atoms with E-state index in [-0.39, 0.29) is 6.04 Å². The van der Waals surface area contributed by atoms with E-state index in [1.165, 1.54) is 5.56 Å². The predicted molar refractivity (Wildman–Crippen MR) is 71.1 cm³/mol. The number of aryl methyl sites for hydroxylation is 1. The third-order valence-electron chi connectivity index (χ3n) is 2.83. The molecule has 3 heteroatoms. The van der Waals surface area contributed by atoms with Gasteiger partial charge in [-0.2, -0.15) is 0 Å². The minimum atomic E-state index is -0.191. The Hall–Kier alpha value is -1.38. The molecule has 1 unspecified atom stereocenters. The zero-order valence-electron chi connectivity index (χ0n) is 9.73. The zero-order chi connectivity index (χ0) is 12.3. The van der Waals surface area contributed by atoms with E-state index in [9.17, 15) is 0 Å². The maximum absolute atomic E-state index is 6.24. The lowest BCUT2D eigenvalue weighted by Crippen LogP contribution is -2.15. The van der Waals surface area contributed by atoms with Gasteiger partial charge in [0.25, 0.3) is 0 Å². The third kappa shape index (κ3) is 2.65. The van der Waals surface area contributed by atoms with Crippen LogP contribution in [0.4, 0.5) is 0 Å². The van der Waals surface area contributed by atoms with Crippen molar-refractivity contribution in [3.05, 3.63) is 64.4 Å². The molecule has 0 bridgehead atoms. The lowest BCUT2D eigenvalue weighted by molar-refractivity contribution is 0.806. The summed E-state index contributed by atoms with van der Waals surface area (Å²) in [5, 5.41) is 0.720. The van der Waals surface area contributed by atoms with Crippen molar-refractivity contribution in [2.45, 2.75) is 19.4 Å². The van der Waals surface area contributed by atoms with Crippen LogP contribution in [0.3, 0.4) is 0 Å². The van der Waals surface area contributed by atoms with Gasteiger partial charge in [-0.05, 0) is 35.7 Å². The molecular formula is C14H15ClN2. The monoisotopic (exact) mass is 246 g/mol. The Balaban J connectivity index is 2.36. The molecule has 2 nitrogen and oxygen atoms in total. The van der Waals surface area contributed by atoms with Crippen LogP contribution in [-0.2, 0) is 6.42 Å². The number of pyridine rings is 1. The molecule has 1 atom stereocenters. The second-order valence-corrected chi connectivity index (χ2v) is 4.37. The minimum Gasteiger partial charge on any atom is -0.319 e. The highest BCUT2D eigenvalue weighted by atomic mass is 35.5. The van der Waals surface area contributed by atoms with Crippen molar-refractivity contribution in [3.63, 3.8) is 0 Å². The Kier molecular flexibility index (Phi) is 3.77. The van der Waals surface area contributed by atoms with E-state index in [1.807, 2.05) is 30.3 Å². The van der Waals surface area contributed by atoms with Crippen LogP contribution in [0.15, 0.2) is 42.6 Å². The molecule has 2 N–H and O–H groups in total. The second-order valence-electron chi connectivity index (χ2n) is 3.93. The fraction of sp³-hybridized carbons (Fsp3) is 0.214. The van der Waals surface area contributed by atoms with Gasteiger partial charge in [0.05, 0.1) is 11.7 Å². The first-order valence-corrected chi connectivity index (χ1v) is 6.05. The summed E-state index contributed by atoms with van der Waals surface area (Å²) in [5.74, 6) is 0. The van der Waals surface area contributed by atoms with Crippen molar-refractivity contribution < 1.29 is 0 Å². The average Bonchev–Trinajstić information content (AvgIpc) is 2.39. The lowest BCUT2D eigenvalue weighted by atomic mass is 9.99. The van der Waals surface area contributed by atoms with Gasteiger partial charge in [0, 0.05) is 11.2 Å². The first kappa shape index (κ1) is 12.1. The Bertz CT molecular complexity index is 494. The molecule has 0 saturated carbocycles. The summed E-state index contributed by atoms with van der Waals surface area (Å²) in [6.07, 6.45) is 2.72. The smallest absolute Gasteiger partial charge is 0.0729 e. The predicted octanol–water partition coefficient (Wildman–Crippen LogP) is 3.35. The molecule has 0 saturated heterocycles. The number of halogens is 1. The second kappa shape index (κ2) is 5.30. The van der Waals surface area contributed by atoms with Crippen LogP contribution in [0.1, 0.15) is 29.8 Å². The summed E-state index contributed by atoms with van der Waals surface area (Å²) in [6, 6.07) is 11.4. The molecular weight excluding hydrogens is 232 g/mol. The quantitative estimate of drug-likeness (QED) is 0.902. The van der Waals surface area contributed by atoms with Crippen LogP contribution >= 0.6 is 11.6 Å². The van der Waals surface area contributed by atoms with Gasteiger partial charge in [0.2, 0.25) is 0 Å². The molecule has 1 heterocycles. The van der Waals surface area contributed by atoms with Gasteiger partial charge in [-0.1, -0.05) is 36.7 Å². The topological polar surface area (TPSA) is 38.9 Å². The first-order valence-electron chi connectivity index (χ1n) is 5.67. The van der Waals surface area contributed by atoms with Crippen molar-refractivity contribution in [1.82, 2.24) is 4.98 Å². The SMILES string of the molecule is CCc1cccnc1C(N)c1ccc(Cl)cc1. The molecule has 0 amide bonds. The Morgan fingerprint density at radius 1 is 1.24 bits per heavy atom. The number of hydrogen-bond acceptors (Lipinski definition) is 2. The van der Waals surface area contributed by atoms with E-state index in [4.69, 9.17) is 17.3 Å². The minimum absolute atomic E-state index is 0.191. The molecule has 0 radical (unpaired) electrons. The van der Waals surface area contributed by atoms with Gasteiger partial charge < -0.3 is 5.73 Å². The van der Waals surface area contributed by atoms with Gasteiger partial charge in [-0.3, -0.25) is 4.98 Å². The van der Waals surface area contributed by atoms with Crippen LogP contribution in [0.5, 0.6) is 0 Å². The fourth-order valence-electron chi connectivity index (χ4n) is 1.86. The maximum Gasteiger partial charge on any atom is 0.0729 e. The molecule has 0 aliphatic heterocycles. The Morgan fingerprint density at radius 2 is 1.94 bits per heavy atom. The van der Waals surface area contributed by atoms with Crippen molar-refractivity contribution in [2.24, 2.45) is 5.73 Å². The number of aromatic nitrogens is 1.